The van der Waals surface area contributed by atoms with Crippen LogP contribution < -0.4 is 10.6 Å². The fourth-order valence-corrected chi connectivity index (χ4v) is 0.792. The Bertz CT molecular complexity index is 258. The van der Waals surface area contributed by atoms with E-state index in [2.05, 4.69) is 5.32 Å². The molecule has 0 aliphatic carbocycles. The Balaban J connectivity index is 3.95. The van der Waals surface area contributed by atoms with Crippen molar-refractivity contribution in [3.63, 3.8) is 0 Å². The van der Waals surface area contributed by atoms with E-state index in [-0.39, 0.29) is 6.42 Å². The van der Waals surface area contributed by atoms with Crippen LogP contribution in [0, 0.1) is 0 Å². The summed E-state index contributed by atoms with van der Waals surface area (Å²) in [5, 5.41) is 3.92. The van der Waals surface area contributed by atoms with Crippen molar-refractivity contribution in [2.24, 2.45) is 0 Å². The van der Waals surface area contributed by atoms with Gasteiger partial charge in [-0.15, -0.1) is 0 Å². The molecule has 0 aliphatic rings. The first-order valence-corrected chi connectivity index (χ1v) is 4.53. The van der Waals surface area contributed by atoms with Crippen molar-refractivity contribution < 1.29 is 27.2 Å². The van der Waals surface area contributed by atoms with Crippen molar-refractivity contribution in [1.82, 2.24) is 10.6 Å². The molecule has 0 saturated carbocycles. The van der Waals surface area contributed by atoms with Crippen LogP contribution >= 0.6 is 0 Å². The van der Waals surface area contributed by atoms with Gasteiger partial charge in [0, 0.05) is 19.5 Å². The van der Waals surface area contributed by atoms with E-state index in [1.54, 1.807) is 12.2 Å². The number of alkyl halides is 4. The fraction of sp³-hybridized carbons (Fsp3) is 0.750. The molecule has 0 bridgehead atoms. The Morgan fingerprint density at radius 1 is 1.25 bits per heavy atom. The summed E-state index contributed by atoms with van der Waals surface area (Å²) in [6, 6.07) is 0. The van der Waals surface area contributed by atoms with Gasteiger partial charge in [-0.2, -0.15) is 8.78 Å². The molecular weight excluding hydrogens is 232 g/mol. The van der Waals surface area contributed by atoms with Crippen LogP contribution in [0.3, 0.4) is 0 Å². The highest BCUT2D eigenvalue weighted by molar-refractivity contribution is 5.84. The van der Waals surface area contributed by atoms with Crippen LogP contribution in [0.2, 0.25) is 0 Å². The number of carbonyl (C=O) groups excluding carboxylic acids is 2. The van der Waals surface area contributed by atoms with E-state index in [1.807, 2.05) is 0 Å². The second-order valence-corrected chi connectivity index (χ2v) is 2.88. The summed E-state index contributed by atoms with van der Waals surface area (Å²) in [5.41, 5.74) is 0. The molecule has 94 valence electrons. The van der Waals surface area contributed by atoms with Gasteiger partial charge in [0.2, 0.25) is 5.91 Å². The van der Waals surface area contributed by atoms with E-state index in [1.165, 1.54) is 0 Å². The van der Waals surface area contributed by atoms with Crippen LogP contribution in [0.25, 0.3) is 0 Å². The molecule has 0 rings (SSSR count). The first kappa shape index (κ1) is 14.7. The number of hydrogen-bond acceptors (Lipinski definition) is 2. The molecule has 0 aromatic carbocycles. The zero-order valence-corrected chi connectivity index (χ0v) is 8.53. The highest BCUT2D eigenvalue weighted by atomic mass is 19.3. The topological polar surface area (TPSA) is 58.2 Å². The lowest BCUT2D eigenvalue weighted by Crippen LogP contribution is -2.46. The lowest BCUT2D eigenvalue weighted by molar-refractivity contribution is -0.169. The van der Waals surface area contributed by atoms with Gasteiger partial charge >= 0.3 is 12.3 Å². The van der Waals surface area contributed by atoms with E-state index < -0.39 is 30.7 Å². The Hall–Kier alpha value is -1.34. The van der Waals surface area contributed by atoms with E-state index in [9.17, 15) is 27.2 Å². The maximum absolute atomic E-state index is 12.3. The molecule has 8 heteroatoms. The monoisotopic (exact) mass is 244 g/mol. The maximum Gasteiger partial charge on any atom is 0.383 e. The Labute approximate surface area is 89.4 Å². The average Bonchev–Trinajstić information content (AvgIpc) is 2.17. The summed E-state index contributed by atoms with van der Waals surface area (Å²) in [5.74, 6) is -7.25. The molecule has 0 atom stereocenters. The third-order valence-corrected chi connectivity index (χ3v) is 1.59. The Morgan fingerprint density at radius 2 is 1.81 bits per heavy atom. The number of halogens is 4. The first-order chi connectivity index (χ1) is 7.32. The van der Waals surface area contributed by atoms with E-state index in [4.69, 9.17) is 0 Å². The second-order valence-electron chi connectivity index (χ2n) is 2.88. The summed E-state index contributed by atoms with van der Waals surface area (Å²) in [6.45, 7) is 1.61. The predicted octanol–water partition coefficient (Wildman–Crippen LogP) is 0.529. The van der Waals surface area contributed by atoms with Crippen LogP contribution in [0.4, 0.5) is 17.6 Å². The van der Waals surface area contributed by atoms with E-state index >= 15 is 0 Å². The molecule has 2 N–H and O–H groups in total. The molecule has 0 spiro atoms. The smallest absolute Gasteiger partial charge is 0.356 e. The van der Waals surface area contributed by atoms with Gasteiger partial charge in [-0.1, -0.05) is 0 Å². The van der Waals surface area contributed by atoms with Gasteiger partial charge in [0.05, 0.1) is 0 Å². The van der Waals surface area contributed by atoms with Crippen LogP contribution in [-0.2, 0) is 9.59 Å². The van der Waals surface area contributed by atoms with Gasteiger partial charge in [0.1, 0.15) is 0 Å². The van der Waals surface area contributed by atoms with Crippen molar-refractivity contribution in [3.8, 4) is 0 Å². The molecule has 0 unspecified atom stereocenters. The number of nitrogens with one attached hydrogen (secondary N) is 2. The summed E-state index contributed by atoms with van der Waals surface area (Å²) in [6.07, 6.45) is -4.30. The number of carbonyl (C=O) groups is 2. The quantitative estimate of drug-likeness (QED) is 0.669. The van der Waals surface area contributed by atoms with Gasteiger partial charge in [-0.3, -0.25) is 9.59 Å². The molecule has 0 aliphatic heterocycles. The molecular formula is C8H12F4N2O2. The molecule has 4 nitrogen and oxygen atoms in total. The highest BCUT2D eigenvalue weighted by Gasteiger charge is 2.48. The van der Waals surface area contributed by atoms with E-state index in [0.29, 0.717) is 6.54 Å². The zero-order chi connectivity index (χ0) is 12.8. The molecule has 0 radical (unpaired) electrons. The average molecular weight is 244 g/mol. The van der Waals surface area contributed by atoms with Crippen molar-refractivity contribution in [2.45, 2.75) is 25.7 Å². The number of rotatable bonds is 6. The van der Waals surface area contributed by atoms with Crippen LogP contribution in [0.1, 0.15) is 13.3 Å². The van der Waals surface area contributed by atoms with Crippen molar-refractivity contribution in [1.29, 1.82) is 0 Å². The summed E-state index contributed by atoms with van der Waals surface area (Å²) >= 11 is 0. The third kappa shape index (κ3) is 4.45. The largest absolute Gasteiger partial charge is 0.383 e. The minimum absolute atomic E-state index is 0.237. The van der Waals surface area contributed by atoms with Gasteiger partial charge in [-0.05, 0) is 6.92 Å². The first-order valence-electron chi connectivity index (χ1n) is 4.53. The van der Waals surface area contributed by atoms with Crippen molar-refractivity contribution in [2.75, 3.05) is 13.1 Å². The predicted molar refractivity (Wildman–Crippen MR) is 47.3 cm³/mol. The molecule has 0 saturated heterocycles. The Morgan fingerprint density at radius 3 is 2.25 bits per heavy atom. The minimum Gasteiger partial charge on any atom is -0.356 e. The van der Waals surface area contributed by atoms with Crippen molar-refractivity contribution >= 4 is 11.8 Å². The van der Waals surface area contributed by atoms with Gasteiger partial charge in [0.15, 0.2) is 0 Å². The lowest BCUT2D eigenvalue weighted by Gasteiger charge is -2.14. The second kappa shape index (κ2) is 6.29. The van der Waals surface area contributed by atoms with Crippen molar-refractivity contribution in [3.05, 3.63) is 0 Å². The number of hydrogen-bond donors (Lipinski definition) is 2. The summed E-state index contributed by atoms with van der Waals surface area (Å²) < 4.78 is 48.1. The third-order valence-electron chi connectivity index (χ3n) is 1.59. The zero-order valence-electron chi connectivity index (χ0n) is 8.53. The van der Waals surface area contributed by atoms with Crippen LogP contribution in [-0.4, -0.2) is 37.3 Å². The Kier molecular flexibility index (Phi) is 5.76. The highest BCUT2D eigenvalue weighted by Crippen LogP contribution is 2.22. The summed E-state index contributed by atoms with van der Waals surface area (Å²) in [4.78, 5) is 21.4. The molecule has 0 aromatic heterocycles. The minimum atomic E-state index is -4.72. The maximum atomic E-state index is 12.3. The van der Waals surface area contributed by atoms with E-state index in [0.717, 1.165) is 0 Å². The number of amides is 2. The standard InChI is InChI=1S/C8H12F4N2O2/c1-2-13-5(15)3-4-14-7(16)8(11,12)6(9)10/h6H,2-4H2,1H3,(H,13,15)(H,14,16). The molecule has 0 fully saturated rings. The fourth-order valence-electron chi connectivity index (χ4n) is 0.792. The SMILES string of the molecule is CCNC(=O)CCNC(=O)C(F)(F)C(F)F. The van der Waals surface area contributed by atoms with Gasteiger partial charge in [0.25, 0.3) is 5.91 Å². The van der Waals surface area contributed by atoms with Crippen LogP contribution in [0.5, 0.6) is 0 Å². The normalized spacial score (nSPS) is 11.4. The van der Waals surface area contributed by atoms with Gasteiger partial charge in [-0.25, -0.2) is 8.78 Å². The molecule has 2 amide bonds. The molecule has 16 heavy (non-hydrogen) atoms. The summed E-state index contributed by atoms with van der Waals surface area (Å²) in [7, 11) is 0. The molecule has 0 heterocycles. The lowest BCUT2D eigenvalue weighted by atomic mass is 10.3. The van der Waals surface area contributed by atoms with Gasteiger partial charge < -0.3 is 10.6 Å². The van der Waals surface area contributed by atoms with Crippen LogP contribution in [0.15, 0.2) is 0 Å². The molecule has 0 aromatic rings.